The molecule has 0 aliphatic carbocycles. The molecule has 2 heterocycles. The molecule has 1 unspecified atom stereocenters. The molecule has 2 saturated heterocycles. The van der Waals surface area contributed by atoms with E-state index in [4.69, 9.17) is 0 Å². The fourth-order valence-electron chi connectivity index (χ4n) is 6.27. The molecule has 0 spiro atoms. The Balaban J connectivity index is 1.21. The van der Waals surface area contributed by atoms with Crippen LogP contribution in [0.4, 0.5) is 5.69 Å². The van der Waals surface area contributed by atoms with Gasteiger partial charge in [-0.3, -0.25) is 9.59 Å². The molecular formula is C33H39N3O3. The van der Waals surface area contributed by atoms with Crippen LogP contribution in [0.2, 0.25) is 0 Å². The first kappa shape index (κ1) is 27.1. The molecule has 0 bridgehead atoms. The van der Waals surface area contributed by atoms with E-state index in [1.807, 2.05) is 95.9 Å². The van der Waals surface area contributed by atoms with E-state index < -0.39 is 5.60 Å². The second kappa shape index (κ2) is 12.1. The SMILES string of the molecule is CN1CC(C(=O)N(CCCN2CCC(C(O)(c3ccccc3)c3ccccc3)CC2)c2ccccc2)CC1=O. The average molecular weight is 526 g/mol. The molecule has 2 fully saturated rings. The molecule has 5 rings (SSSR count). The number of hydrogen-bond acceptors (Lipinski definition) is 4. The van der Waals surface area contributed by atoms with Gasteiger partial charge in [0.1, 0.15) is 5.60 Å². The zero-order valence-corrected chi connectivity index (χ0v) is 22.8. The molecule has 39 heavy (non-hydrogen) atoms. The van der Waals surface area contributed by atoms with Crippen molar-refractivity contribution in [2.45, 2.75) is 31.3 Å². The summed E-state index contributed by atoms with van der Waals surface area (Å²) >= 11 is 0. The van der Waals surface area contributed by atoms with Crippen LogP contribution in [0, 0.1) is 11.8 Å². The number of likely N-dealkylation sites (tertiary alicyclic amines) is 2. The molecule has 0 radical (unpaired) electrons. The van der Waals surface area contributed by atoms with Crippen LogP contribution in [0.25, 0.3) is 0 Å². The van der Waals surface area contributed by atoms with Gasteiger partial charge in [0.05, 0.1) is 5.92 Å². The zero-order chi connectivity index (χ0) is 27.2. The van der Waals surface area contributed by atoms with E-state index in [0.717, 1.165) is 55.7 Å². The molecule has 6 nitrogen and oxygen atoms in total. The maximum atomic E-state index is 13.4. The topological polar surface area (TPSA) is 64.1 Å². The Bertz CT molecular complexity index is 1190. The summed E-state index contributed by atoms with van der Waals surface area (Å²) in [4.78, 5) is 31.5. The van der Waals surface area contributed by atoms with E-state index in [-0.39, 0.29) is 30.1 Å². The van der Waals surface area contributed by atoms with Crippen LogP contribution < -0.4 is 4.90 Å². The maximum Gasteiger partial charge on any atom is 0.232 e. The van der Waals surface area contributed by atoms with Crippen molar-refractivity contribution in [3.63, 3.8) is 0 Å². The summed E-state index contributed by atoms with van der Waals surface area (Å²) in [6.07, 6.45) is 2.94. The first-order valence-corrected chi connectivity index (χ1v) is 14.1. The molecule has 1 atom stereocenters. The van der Waals surface area contributed by atoms with Gasteiger partial charge in [-0.2, -0.15) is 0 Å². The van der Waals surface area contributed by atoms with Crippen LogP contribution in [-0.4, -0.2) is 66.5 Å². The predicted octanol–water partition coefficient (Wildman–Crippen LogP) is 4.54. The average Bonchev–Trinajstić information content (AvgIpc) is 3.34. The van der Waals surface area contributed by atoms with Gasteiger partial charge >= 0.3 is 0 Å². The van der Waals surface area contributed by atoms with Crippen LogP contribution in [0.1, 0.15) is 36.8 Å². The Morgan fingerprint density at radius 2 is 1.44 bits per heavy atom. The van der Waals surface area contributed by atoms with Crippen molar-refractivity contribution in [1.82, 2.24) is 9.80 Å². The van der Waals surface area contributed by atoms with Gasteiger partial charge in [-0.15, -0.1) is 0 Å². The molecular weight excluding hydrogens is 486 g/mol. The zero-order valence-electron chi connectivity index (χ0n) is 22.8. The summed E-state index contributed by atoms with van der Waals surface area (Å²) in [5, 5.41) is 12.2. The highest BCUT2D eigenvalue weighted by Gasteiger charge is 2.41. The van der Waals surface area contributed by atoms with E-state index in [9.17, 15) is 14.7 Å². The van der Waals surface area contributed by atoms with Crippen molar-refractivity contribution in [3.8, 4) is 0 Å². The van der Waals surface area contributed by atoms with Crippen LogP contribution >= 0.6 is 0 Å². The fraction of sp³-hybridized carbons (Fsp3) is 0.394. The number of aliphatic hydroxyl groups is 1. The quantitative estimate of drug-likeness (QED) is 0.446. The molecule has 2 aliphatic rings. The fourth-order valence-corrected chi connectivity index (χ4v) is 6.27. The summed E-state index contributed by atoms with van der Waals surface area (Å²) in [6.45, 7) is 3.82. The summed E-state index contributed by atoms with van der Waals surface area (Å²) in [7, 11) is 1.77. The van der Waals surface area contributed by atoms with Crippen molar-refractivity contribution in [1.29, 1.82) is 0 Å². The number of carbonyl (C=O) groups excluding carboxylic acids is 2. The number of rotatable bonds is 9. The Labute approximate surface area is 231 Å². The number of nitrogens with zero attached hydrogens (tertiary/aromatic N) is 3. The van der Waals surface area contributed by atoms with E-state index in [1.54, 1.807) is 11.9 Å². The van der Waals surface area contributed by atoms with Gasteiger partial charge in [-0.25, -0.2) is 0 Å². The standard InChI is InChI=1S/C33H39N3O3/c1-34-25-26(24-31(34)37)32(38)36(30-16-9-4-10-17-30)21-11-20-35-22-18-29(19-23-35)33(39,27-12-5-2-6-13-27)28-14-7-3-8-15-28/h2-10,12-17,26,29,39H,11,18-25H2,1H3. The highest BCUT2D eigenvalue weighted by atomic mass is 16.3. The molecule has 0 saturated carbocycles. The van der Waals surface area contributed by atoms with Gasteiger partial charge in [-0.1, -0.05) is 78.9 Å². The van der Waals surface area contributed by atoms with Crippen molar-refractivity contribution >= 4 is 17.5 Å². The van der Waals surface area contributed by atoms with Crippen molar-refractivity contribution in [3.05, 3.63) is 102 Å². The van der Waals surface area contributed by atoms with Crippen molar-refractivity contribution in [2.75, 3.05) is 44.7 Å². The van der Waals surface area contributed by atoms with Gasteiger partial charge in [-0.05, 0) is 68.1 Å². The number of hydrogen-bond donors (Lipinski definition) is 1. The Morgan fingerprint density at radius 1 is 0.897 bits per heavy atom. The number of carbonyl (C=O) groups is 2. The van der Waals surface area contributed by atoms with Gasteiger partial charge in [0, 0.05) is 32.2 Å². The molecule has 1 N–H and O–H groups in total. The first-order chi connectivity index (χ1) is 19.0. The monoisotopic (exact) mass is 525 g/mol. The summed E-state index contributed by atoms with van der Waals surface area (Å²) < 4.78 is 0. The molecule has 2 amide bonds. The molecule has 3 aromatic carbocycles. The second-order valence-corrected chi connectivity index (χ2v) is 11.0. The minimum absolute atomic E-state index is 0.0356. The smallest absolute Gasteiger partial charge is 0.232 e. The predicted molar refractivity (Wildman–Crippen MR) is 154 cm³/mol. The van der Waals surface area contributed by atoms with Gasteiger partial charge in [0.15, 0.2) is 0 Å². The van der Waals surface area contributed by atoms with Crippen molar-refractivity contribution < 1.29 is 14.7 Å². The maximum absolute atomic E-state index is 13.4. The third kappa shape index (κ3) is 5.92. The summed E-state index contributed by atoms with van der Waals surface area (Å²) in [5.74, 6) is -0.0893. The van der Waals surface area contributed by atoms with E-state index in [1.165, 1.54) is 0 Å². The lowest BCUT2D eigenvalue weighted by Gasteiger charge is -2.42. The van der Waals surface area contributed by atoms with Crippen LogP contribution in [0.5, 0.6) is 0 Å². The normalized spacial score (nSPS) is 18.9. The summed E-state index contributed by atoms with van der Waals surface area (Å²) in [6, 6.07) is 29.9. The number of para-hydroxylation sites is 1. The minimum atomic E-state index is -1.02. The largest absolute Gasteiger partial charge is 0.380 e. The third-order valence-corrected chi connectivity index (χ3v) is 8.49. The Kier molecular flexibility index (Phi) is 8.44. The Hall–Kier alpha value is -3.48. The molecule has 204 valence electrons. The van der Waals surface area contributed by atoms with Gasteiger partial charge < -0.3 is 19.8 Å². The number of piperidine rings is 1. The molecule has 6 heteroatoms. The molecule has 3 aromatic rings. The van der Waals surface area contributed by atoms with E-state index >= 15 is 0 Å². The first-order valence-electron chi connectivity index (χ1n) is 14.1. The number of benzene rings is 3. The lowest BCUT2D eigenvalue weighted by molar-refractivity contribution is -0.127. The number of amides is 2. The van der Waals surface area contributed by atoms with Gasteiger partial charge in [0.25, 0.3) is 0 Å². The van der Waals surface area contributed by atoms with E-state index in [2.05, 4.69) is 4.90 Å². The minimum Gasteiger partial charge on any atom is -0.380 e. The summed E-state index contributed by atoms with van der Waals surface area (Å²) in [5.41, 5.74) is 1.77. The van der Waals surface area contributed by atoms with Crippen LogP contribution in [-0.2, 0) is 15.2 Å². The van der Waals surface area contributed by atoms with Crippen LogP contribution in [0.3, 0.4) is 0 Å². The van der Waals surface area contributed by atoms with Crippen LogP contribution in [0.15, 0.2) is 91.0 Å². The number of anilines is 1. The third-order valence-electron chi connectivity index (χ3n) is 8.49. The Morgan fingerprint density at radius 3 is 1.95 bits per heavy atom. The lowest BCUT2D eigenvalue weighted by Crippen LogP contribution is -2.45. The lowest BCUT2D eigenvalue weighted by atomic mass is 9.72. The molecule has 2 aliphatic heterocycles. The highest BCUT2D eigenvalue weighted by molar-refractivity contribution is 5.99. The highest BCUT2D eigenvalue weighted by Crippen LogP contribution is 2.41. The van der Waals surface area contributed by atoms with Crippen molar-refractivity contribution in [2.24, 2.45) is 11.8 Å². The second-order valence-electron chi connectivity index (χ2n) is 11.0. The molecule has 0 aromatic heterocycles. The van der Waals surface area contributed by atoms with E-state index in [0.29, 0.717) is 13.1 Å². The van der Waals surface area contributed by atoms with Gasteiger partial charge in [0.2, 0.25) is 11.8 Å².